The van der Waals surface area contributed by atoms with Gasteiger partial charge in [0.15, 0.2) is 0 Å². The van der Waals surface area contributed by atoms with Gasteiger partial charge >= 0.3 is 0 Å². The Balaban J connectivity index is 1.85. The minimum atomic E-state index is 0.442. The summed E-state index contributed by atoms with van der Waals surface area (Å²) >= 11 is 7.59. The van der Waals surface area contributed by atoms with Gasteiger partial charge in [-0.3, -0.25) is 0 Å². The van der Waals surface area contributed by atoms with E-state index in [-0.39, 0.29) is 0 Å². The van der Waals surface area contributed by atoms with E-state index in [9.17, 15) is 0 Å². The maximum Gasteiger partial charge on any atom is 0.0950 e. The zero-order chi connectivity index (χ0) is 11.5. The van der Waals surface area contributed by atoms with Crippen LogP contribution in [0.3, 0.4) is 0 Å². The van der Waals surface area contributed by atoms with Crippen LogP contribution in [0.1, 0.15) is 25.7 Å². The molecule has 0 radical (unpaired) electrons. The van der Waals surface area contributed by atoms with E-state index in [1.54, 1.807) is 11.3 Å². The van der Waals surface area contributed by atoms with Crippen molar-refractivity contribution in [2.75, 3.05) is 18.5 Å². The second kappa shape index (κ2) is 5.39. The first-order chi connectivity index (χ1) is 7.65. The second-order valence-corrected chi connectivity index (χ2v) is 6.43. The highest BCUT2D eigenvalue weighted by Gasteiger charge is 2.20. The number of hydrogen-bond donors (Lipinski definition) is 1. The normalized spacial score (nSPS) is 25.7. The van der Waals surface area contributed by atoms with E-state index in [1.165, 1.54) is 30.7 Å². The van der Waals surface area contributed by atoms with Gasteiger partial charge in [0, 0.05) is 19.6 Å². The number of halogens is 1. The molecule has 0 spiro atoms. The van der Waals surface area contributed by atoms with Gasteiger partial charge in [-0.25, -0.2) is 0 Å². The quantitative estimate of drug-likeness (QED) is 0.901. The molecule has 2 nitrogen and oxygen atoms in total. The summed E-state index contributed by atoms with van der Waals surface area (Å²) < 4.78 is 0.868. The van der Waals surface area contributed by atoms with Crippen molar-refractivity contribution < 1.29 is 0 Å². The SMILES string of the molecule is CN(CC1CCC(N)CC1)c1ccc(Cl)s1. The van der Waals surface area contributed by atoms with Crippen LogP contribution in [-0.4, -0.2) is 19.6 Å². The third-order valence-corrected chi connectivity index (χ3v) is 4.70. The Bertz CT molecular complexity index is 332. The summed E-state index contributed by atoms with van der Waals surface area (Å²) in [6, 6.07) is 4.51. The molecule has 1 aromatic rings. The largest absolute Gasteiger partial charge is 0.366 e. The van der Waals surface area contributed by atoms with Gasteiger partial charge in [-0.15, -0.1) is 11.3 Å². The zero-order valence-electron chi connectivity index (χ0n) is 9.66. The van der Waals surface area contributed by atoms with Crippen LogP contribution in [0.25, 0.3) is 0 Å². The van der Waals surface area contributed by atoms with Crippen molar-refractivity contribution in [1.82, 2.24) is 0 Å². The third-order valence-electron chi connectivity index (χ3n) is 3.36. The first kappa shape index (κ1) is 12.2. The van der Waals surface area contributed by atoms with Crippen LogP contribution in [0.2, 0.25) is 4.34 Å². The van der Waals surface area contributed by atoms with Crippen molar-refractivity contribution in [1.29, 1.82) is 0 Å². The fourth-order valence-electron chi connectivity index (χ4n) is 2.36. The van der Waals surface area contributed by atoms with Crippen molar-refractivity contribution in [3.05, 3.63) is 16.5 Å². The lowest BCUT2D eigenvalue weighted by Crippen LogP contribution is -2.32. The standard InChI is InChI=1S/C12H19ClN2S/c1-15(12-7-6-11(13)16-12)8-9-2-4-10(14)5-3-9/h6-7,9-10H,2-5,8,14H2,1H3. The third kappa shape index (κ3) is 3.12. The summed E-state index contributed by atoms with van der Waals surface area (Å²) in [6.45, 7) is 1.13. The first-order valence-electron chi connectivity index (χ1n) is 5.87. The molecule has 1 aliphatic carbocycles. The Hall–Kier alpha value is -0.250. The predicted molar refractivity (Wildman–Crippen MR) is 72.5 cm³/mol. The molecule has 0 aromatic carbocycles. The Kier molecular flexibility index (Phi) is 4.11. The van der Waals surface area contributed by atoms with Gasteiger partial charge in [-0.2, -0.15) is 0 Å². The molecule has 2 rings (SSSR count). The van der Waals surface area contributed by atoms with E-state index in [2.05, 4.69) is 18.0 Å². The molecule has 4 heteroatoms. The topological polar surface area (TPSA) is 29.3 Å². The molecule has 0 amide bonds. The Morgan fingerprint density at radius 2 is 2.06 bits per heavy atom. The molecule has 0 atom stereocenters. The highest BCUT2D eigenvalue weighted by Crippen LogP contribution is 2.31. The zero-order valence-corrected chi connectivity index (χ0v) is 11.2. The van der Waals surface area contributed by atoms with Crippen LogP contribution >= 0.6 is 22.9 Å². The summed E-state index contributed by atoms with van der Waals surface area (Å²) in [5.41, 5.74) is 5.91. The smallest absolute Gasteiger partial charge is 0.0950 e. The number of thiophene rings is 1. The van der Waals surface area contributed by atoms with Gasteiger partial charge in [0.2, 0.25) is 0 Å². The highest BCUT2D eigenvalue weighted by molar-refractivity contribution is 7.19. The van der Waals surface area contributed by atoms with Gasteiger partial charge in [0.05, 0.1) is 9.34 Å². The van der Waals surface area contributed by atoms with Crippen LogP contribution in [0.5, 0.6) is 0 Å². The molecule has 1 fully saturated rings. The van der Waals surface area contributed by atoms with Crippen molar-refractivity contribution in [2.24, 2.45) is 11.7 Å². The minimum Gasteiger partial charge on any atom is -0.366 e. The number of hydrogen-bond acceptors (Lipinski definition) is 3. The molecular formula is C12H19ClN2S. The van der Waals surface area contributed by atoms with E-state index in [0.717, 1.165) is 16.8 Å². The molecule has 2 N–H and O–H groups in total. The van der Waals surface area contributed by atoms with Gasteiger partial charge in [-0.05, 0) is 43.7 Å². The molecule has 0 aliphatic heterocycles. The van der Waals surface area contributed by atoms with Crippen LogP contribution in [0, 0.1) is 5.92 Å². The molecule has 0 saturated heterocycles. The van der Waals surface area contributed by atoms with Gasteiger partial charge in [0.1, 0.15) is 0 Å². The molecule has 1 aromatic heterocycles. The fourth-order valence-corrected chi connectivity index (χ4v) is 3.36. The first-order valence-corrected chi connectivity index (χ1v) is 7.06. The minimum absolute atomic E-state index is 0.442. The van der Waals surface area contributed by atoms with E-state index >= 15 is 0 Å². The number of nitrogens with zero attached hydrogens (tertiary/aromatic N) is 1. The summed E-state index contributed by atoms with van der Waals surface area (Å²) in [6.07, 6.45) is 4.91. The summed E-state index contributed by atoms with van der Waals surface area (Å²) in [5.74, 6) is 0.797. The van der Waals surface area contributed by atoms with E-state index < -0.39 is 0 Å². The average Bonchev–Trinajstić information content (AvgIpc) is 2.68. The lowest BCUT2D eigenvalue weighted by atomic mass is 9.86. The molecule has 1 heterocycles. The molecule has 1 saturated carbocycles. The van der Waals surface area contributed by atoms with Crippen molar-refractivity contribution in [2.45, 2.75) is 31.7 Å². The second-order valence-electron chi connectivity index (χ2n) is 4.74. The maximum absolute atomic E-state index is 5.94. The lowest BCUT2D eigenvalue weighted by Gasteiger charge is -2.30. The molecule has 0 unspecified atom stereocenters. The average molecular weight is 259 g/mol. The Morgan fingerprint density at radius 1 is 1.38 bits per heavy atom. The fraction of sp³-hybridized carbons (Fsp3) is 0.667. The Morgan fingerprint density at radius 3 is 2.62 bits per heavy atom. The number of rotatable bonds is 3. The lowest BCUT2D eigenvalue weighted by molar-refractivity contribution is 0.330. The van der Waals surface area contributed by atoms with Crippen LogP contribution in [0.4, 0.5) is 5.00 Å². The van der Waals surface area contributed by atoms with E-state index in [1.807, 2.05) is 6.07 Å². The van der Waals surface area contributed by atoms with Crippen molar-refractivity contribution in [3.8, 4) is 0 Å². The van der Waals surface area contributed by atoms with E-state index in [0.29, 0.717) is 6.04 Å². The molecular weight excluding hydrogens is 240 g/mol. The summed E-state index contributed by atoms with van der Waals surface area (Å²) in [7, 11) is 2.15. The van der Waals surface area contributed by atoms with Crippen LogP contribution in [0.15, 0.2) is 12.1 Å². The van der Waals surface area contributed by atoms with Crippen LogP contribution < -0.4 is 10.6 Å². The monoisotopic (exact) mass is 258 g/mol. The maximum atomic E-state index is 5.94. The van der Waals surface area contributed by atoms with Gasteiger partial charge < -0.3 is 10.6 Å². The molecule has 90 valence electrons. The number of anilines is 1. The summed E-state index contributed by atoms with van der Waals surface area (Å²) in [5, 5.41) is 1.26. The number of nitrogens with two attached hydrogens (primary N) is 1. The molecule has 0 bridgehead atoms. The van der Waals surface area contributed by atoms with Gasteiger partial charge in [-0.1, -0.05) is 11.6 Å². The molecule has 1 aliphatic rings. The van der Waals surface area contributed by atoms with Crippen molar-refractivity contribution in [3.63, 3.8) is 0 Å². The van der Waals surface area contributed by atoms with Crippen LogP contribution in [-0.2, 0) is 0 Å². The molecule has 16 heavy (non-hydrogen) atoms. The van der Waals surface area contributed by atoms with Gasteiger partial charge in [0.25, 0.3) is 0 Å². The summed E-state index contributed by atoms with van der Waals surface area (Å²) in [4.78, 5) is 2.32. The predicted octanol–water partition coefficient (Wildman–Crippen LogP) is 3.36. The van der Waals surface area contributed by atoms with E-state index in [4.69, 9.17) is 17.3 Å². The highest BCUT2D eigenvalue weighted by atomic mass is 35.5. The Labute approximate surface area is 106 Å². The van der Waals surface area contributed by atoms with Crippen molar-refractivity contribution >= 4 is 27.9 Å².